The van der Waals surface area contributed by atoms with Gasteiger partial charge in [0.1, 0.15) is 11.4 Å². The summed E-state index contributed by atoms with van der Waals surface area (Å²) < 4.78 is 25.1. The number of carbonyl (C=O) groups is 2. The van der Waals surface area contributed by atoms with Gasteiger partial charge in [-0.05, 0) is 59.9 Å². The third kappa shape index (κ3) is 5.16. The van der Waals surface area contributed by atoms with E-state index >= 15 is 0 Å². The fraction of sp³-hybridized carbons (Fsp3) is 0.333. The van der Waals surface area contributed by atoms with E-state index in [4.69, 9.17) is 9.47 Å². The van der Waals surface area contributed by atoms with Gasteiger partial charge in [0.15, 0.2) is 11.6 Å². The van der Waals surface area contributed by atoms with Crippen molar-refractivity contribution in [2.24, 2.45) is 0 Å². The van der Waals surface area contributed by atoms with Crippen LogP contribution in [0.2, 0.25) is 0 Å². The number of ether oxygens (including phenoxy) is 2. The van der Waals surface area contributed by atoms with E-state index in [1.807, 2.05) is 6.07 Å². The lowest BCUT2D eigenvalue weighted by Gasteiger charge is -2.29. The van der Waals surface area contributed by atoms with Crippen molar-refractivity contribution in [1.82, 2.24) is 15.3 Å². The molecule has 2 aromatic heterocycles. The first-order valence-corrected chi connectivity index (χ1v) is 12.1. The molecule has 0 unspecified atom stereocenters. The van der Waals surface area contributed by atoms with Crippen molar-refractivity contribution in [3.05, 3.63) is 82.6 Å². The van der Waals surface area contributed by atoms with E-state index in [1.165, 1.54) is 23.2 Å². The molecule has 3 aromatic rings. The number of fused-ring (bicyclic) bond motifs is 1. The number of carbonyl (C=O) groups excluding carboxylic acids is 2. The molecule has 192 valence electrons. The molecule has 2 aliphatic heterocycles. The van der Waals surface area contributed by atoms with E-state index < -0.39 is 11.9 Å². The first-order valence-electron chi connectivity index (χ1n) is 12.1. The summed E-state index contributed by atoms with van der Waals surface area (Å²) >= 11 is 0. The molecule has 2 atom stereocenters. The highest BCUT2D eigenvalue weighted by Gasteiger charge is 2.30. The second-order valence-electron chi connectivity index (χ2n) is 9.08. The van der Waals surface area contributed by atoms with Crippen LogP contribution in [0, 0.1) is 5.82 Å². The van der Waals surface area contributed by atoms with Gasteiger partial charge in [0, 0.05) is 37.5 Å². The van der Waals surface area contributed by atoms with Gasteiger partial charge in [-0.15, -0.1) is 0 Å². The van der Waals surface area contributed by atoms with E-state index in [0.29, 0.717) is 43.7 Å². The molecule has 10 heteroatoms. The lowest BCUT2D eigenvalue weighted by Crippen LogP contribution is -2.48. The summed E-state index contributed by atoms with van der Waals surface area (Å²) in [5.41, 5.74) is 3.13. The second kappa shape index (κ2) is 10.6. The number of halogens is 1. The number of aliphatic hydroxyl groups excluding tert-OH is 1. The molecular weight excluding hydrogens is 479 g/mol. The number of aromatic nitrogens is 2. The SMILES string of the molecule is COc1cc2c(cc1Cc1ccc(C(=O)N[C@H]3CCOC[C@@H]3O)nc1)C(=O)N(c1ncccc1F)CC2. The van der Waals surface area contributed by atoms with Crippen molar-refractivity contribution in [3.8, 4) is 5.75 Å². The molecule has 0 spiro atoms. The third-order valence-electron chi connectivity index (χ3n) is 6.68. The van der Waals surface area contributed by atoms with Crippen LogP contribution in [0.15, 0.2) is 48.8 Å². The predicted molar refractivity (Wildman–Crippen MR) is 132 cm³/mol. The average Bonchev–Trinajstić information content (AvgIpc) is 2.91. The van der Waals surface area contributed by atoms with Crippen molar-refractivity contribution in [1.29, 1.82) is 0 Å². The number of amides is 2. The summed E-state index contributed by atoms with van der Waals surface area (Å²) in [5, 5.41) is 12.8. The molecule has 0 aliphatic carbocycles. The van der Waals surface area contributed by atoms with Crippen LogP contribution in [0.4, 0.5) is 10.2 Å². The van der Waals surface area contributed by atoms with Gasteiger partial charge in [0.05, 0.1) is 25.9 Å². The van der Waals surface area contributed by atoms with Crippen molar-refractivity contribution < 1.29 is 28.6 Å². The van der Waals surface area contributed by atoms with Crippen LogP contribution in [0.1, 0.15) is 44.0 Å². The molecule has 1 aromatic carbocycles. The molecule has 9 nitrogen and oxygen atoms in total. The van der Waals surface area contributed by atoms with Crippen LogP contribution in [0.5, 0.6) is 5.75 Å². The minimum absolute atomic E-state index is 0.0156. The monoisotopic (exact) mass is 506 g/mol. The minimum atomic E-state index is -0.749. The smallest absolute Gasteiger partial charge is 0.270 e. The summed E-state index contributed by atoms with van der Waals surface area (Å²) in [7, 11) is 1.57. The van der Waals surface area contributed by atoms with Crippen LogP contribution in [0.3, 0.4) is 0 Å². The Kier molecular flexibility index (Phi) is 7.11. The van der Waals surface area contributed by atoms with E-state index in [0.717, 1.165) is 16.7 Å². The minimum Gasteiger partial charge on any atom is -0.496 e. The fourth-order valence-electron chi connectivity index (χ4n) is 4.67. The second-order valence-corrected chi connectivity index (χ2v) is 9.08. The number of nitrogens with zero attached hydrogens (tertiary/aromatic N) is 3. The molecule has 0 saturated carbocycles. The highest BCUT2D eigenvalue weighted by atomic mass is 19.1. The standard InChI is InChI=1S/C27H27FN4O5/c1-36-24-13-17-6-9-32(25-20(28)3-2-8-29-25)27(35)19(17)12-18(24)11-16-4-5-22(30-14-16)26(34)31-21-7-10-37-15-23(21)33/h2-5,8,12-14,21,23,33H,6-7,9-11,15H2,1H3,(H,31,34)/t21-,23-/m0/s1. The number of pyridine rings is 2. The topological polar surface area (TPSA) is 114 Å². The van der Waals surface area contributed by atoms with Gasteiger partial charge < -0.3 is 19.9 Å². The molecule has 5 rings (SSSR count). The summed E-state index contributed by atoms with van der Waals surface area (Å²) in [6.07, 6.45) is 3.80. The van der Waals surface area contributed by atoms with Crippen LogP contribution in [-0.2, 0) is 17.6 Å². The Balaban J connectivity index is 1.34. The van der Waals surface area contributed by atoms with Crippen LogP contribution in [-0.4, -0.2) is 65.9 Å². The molecule has 4 heterocycles. The molecule has 37 heavy (non-hydrogen) atoms. The Morgan fingerprint density at radius 2 is 2.16 bits per heavy atom. The molecule has 2 N–H and O–H groups in total. The molecular formula is C27H27FN4O5. The lowest BCUT2D eigenvalue weighted by molar-refractivity contribution is -0.0261. The number of rotatable bonds is 6. The third-order valence-corrected chi connectivity index (χ3v) is 6.68. The van der Waals surface area contributed by atoms with Gasteiger partial charge in [-0.3, -0.25) is 19.5 Å². The van der Waals surface area contributed by atoms with E-state index in [9.17, 15) is 19.1 Å². The lowest BCUT2D eigenvalue weighted by atomic mass is 9.93. The Labute approximate surface area is 213 Å². The number of hydrogen-bond donors (Lipinski definition) is 2. The van der Waals surface area contributed by atoms with E-state index in [1.54, 1.807) is 31.5 Å². The van der Waals surface area contributed by atoms with E-state index in [-0.39, 0.29) is 36.0 Å². The molecule has 2 amide bonds. The molecule has 0 bridgehead atoms. The Morgan fingerprint density at radius 3 is 2.89 bits per heavy atom. The van der Waals surface area contributed by atoms with Gasteiger partial charge >= 0.3 is 0 Å². The van der Waals surface area contributed by atoms with E-state index in [2.05, 4.69) is 15.3 Å². The largest absolute Gasteiger partial charge is 0.496 e. The highest BCUT2D eigenvalue weighted by Crippen LogP contribution is 2.31. The van der Waals surface area contributed by atoms with Crippen molar-refractivity contribution >= 4 is 17.6 Å². The van der Waals surface area contributed by atoms with Gasteiger partial charge in [0.2, 0.25) is 0 Å². The number of methoxy groups -OCH3 is 1. The van der Waals surface area contributed by atoms with Crippen molar-refractivity contribution in [3.63, 3.8) is 0 Å². The first-order chi connectivity index (χ1) is 17.9. The summed E-state index contributed by atoms with van der Waals surface area (Å²) in [6.45, 7) is 0.992. The van der Waals surface area contributed by atoms with Gasteiger partial charge in [0.25, 0.3) is 11.8 Å². The molecule has 0 radical (unpaired) electrons. The zero-order chi connectivity index (χ0) is 25.9. The summed E-state index contributed by atoms with van der Waals surface area (Å²) in [6, 6.07) is 9.43. The van der Waals surface area contributed by atoms with Gasteiger partial charge in [-0.25, -0.2) is 9.37 Å². The summed E-state index contributed by atoms with van der Waals surface area (Å²) in [5.74, 6) is -0.574. The van der Waals surface area contributed by atoms with Crippen LogP contribution in [0.25, 0.3) is 0 Å². The van der Waals surface area contributed by atoms with Gasteiger partial charge in [-0.1, -0.05) is 6.07 Å². The Hall–Kier alpha value is -3.89. The number of aliphatic hydroxyl groups is 1. The quantitative estimate of drug-likeness (QED) is 0.527. The maximum Gasteiger partial charge on any atom is 0.270 e. The molecule has 2 aliphatic rings. The zero-order valence-electron chi connectivity index (χ0n) is 20.3. The summed E-state index contributed by atoms with van der Waals surface area (Å²) in [4.78, 5) is 35.6. The number of benzene rings is 1. The molecule has 1 fully saturated rings. The predicted octanol–water partition coefficient (Wildman–Crippen LogP) is 2.30. The van der Waals surface area contributed by atoms with Crippen LogP contribution >= 0.6 is 0 Å². The van der Waals surface area contributed by atoms with Gasteiger partial charge in [-0.2, -0.15) is 0 Å². The maximum atomic E-state index is 14.3. The number of anilines is 1. The average molecular weight is 507 g/mol. The Morgan fingerprint density at radius 1 is 1.30 bits per heavy atom. The first kappa shape index (κ1) is 24.8. The Bertz CT molecular complexity index is 1320. The number of nitrogens with one attached hydrogen (secondary N) is 1. The zero-order valence-corrected chi connectivity index (χ0v) is 20.3. The normalized spacial score (nSPS) is 19.3. The van der Waals surface area contributed by atoms with Crippen molar-refractivity contribution in [2.45, 2.75) is 31.4 Å². The highest BCUT2D eigenvalue weighted by molar-refractivity contribution is 6.08. The maximum absolute atomic E-state index is 14.3. The van der Waals surface area contributed by atoms with Crippen molar-refractivity contribution in [2.75, 3.05) is 31.8 Å². The van der Waals surface area contributed by atoms with Crippen LogP contribution < -0.4 is 15.0 Å². The molecule has 1 saturated heterocycles. The fourth-order valence-corrected chi connectivity index (χ4v) is 4.67. The number of hydrogen-bond acceptors (Lipinski definition) is 7.